The maximum Gasteiger partial charge on any atom is 0.272 e. The Morgan fingerprint density at radius 3 is 2.71 bits per heavy atom. The number of hydrogen-bond acceptors (Lipinski definition) is 2. The van der Waals surface area contributed by atoms with Crippen LogP contribution >= 0.6 is 0 Å². The molecule has 0 aromatic heterocycles. The highest BCUT2D eigenvalue weighted by Gasteiger charge is 2.15. The lowest BCUT2D eigenvalue weighted by Gasteiger charge is -2.14. The standard InChI is InChI=1S/C11H10N2O/c14-11-10(7-4-8-12-11)13-9-5-2-1-3-6-9/h1-8,10,13H. The van der Waals surface area contributed by atoms with Crippen LogP contribution in [0.3, 0.4) is 0 Å². The number of amides is 1. The average molecular weight is 186 g/mol. The lowest BCUT2D eigenvalue weighted by molar-refractivity contribution is -0.117. The van der Waals surface area contributed by atoms with Crippen molar-refractivity contribution in [3.63, 3.8) is 0 Å². The molecule has 1 aliphatic rings. The molecule has 1 atom stereocenters. The van der Waals surface area contributed by atoms with E-state index < -0.39 is 0 Å². The number of hydrogen-bond donors (Lipinski definition) is 1. The molecule has 0 fully saturated rings. The van der Waals surface area contributed by atoms with Crippen molar-refractivity contribution in [1.82, 2.24) is 0 Å². The summed E-state index contributed by atoms with van der Waals surface area (Å²) in [5, 5.41) is 3.08. The molecule has 14 heavy (non-hydrogen) atoms. The molecule has 0 saturated heterocycles. The van der Waals surface area contributed by atoms with E-state index in [1.54, 1.807) is 12.2 Å². The predicted octanol–water partition coefficient (Wildman–Crippen LogP) is 1.63. The molecule has 3 nitrogen and oxygen atoms in total. The molecular weight excluding hydrogens is 176 g/mol. The number of anilines is 1. The Hall–Kier alpha value is -1.90. The van der Waals surface area contributed by atoms with Crippen LogP contribution in [0, 0.1) is 0 Å². The lowest BCUT2D eigenvalue weighted by Crippen LogP contribution is -2.27. The van der Waals surface area contributed by atoms with Gasteiger partial charge in [-0.15, -0.1) is 0 Å². The summed E-state index contributed by atoms with van der Waals surface area (Å²) in [6.07, 6.45) is 5.07. The molecule has 0 aliphatic carbocycles. The smallest absolute Gasteiger partial charge is 0.272 e. The first kappa shape index (κ1) is 8.69. The van der Waals surface area contributed by atoms with Gasteiger partial charge >= 0.3 is 0 Å². The summed E-state index contributed by atoms with van der Waals surface area (Å²) in [7, 11) is 0. The Morgan fingerprint density at radius 2 is 2.00 bits per heavy atom. The van der Waals surface area contributed by atoms with E-state index in [9.17, 15) is 4.79 Å². The van der Waals surface area contributed by atoms with Gasteiger partial charge in [0.1, 0.15) is 6.04 Å². The van der Waals surface area contributed by atoms with Crippen LogP contribution in [0.1, 0.15) is 0 Å². The van der Waals surface area contributed by atoms with Crippen molar-refractivity contribution in [2.24, 2.45) is 4.99 Å². The first-order valence-corrected chi connectivity index (χ1v) is 4.42. The molecule has 1 unspecified atom stereocenters. The minimum absolute atomic E-state index is 0.156. The first-order valence-electron chi connectivity index (χ1n) is 4.42. The number of para-hydroxylation sites is 1. The van der Waals surface area contributed by atoms with E-state index in [0.717, 1.165) is 5.69 Å². The van der Waals surface area contributed by atoms with Crippen molar-refractivity contribution in [1.29, 1.82) is 0 Å². The van der Waals surface area contributed by atoms with Crippen LogP contribution in [-0.4, -0.2) is 18.2 Å². The third-order valence-corrected chi connectivity index (χ3v) is 1.95. The summed E-state index contributed by atoms with van der Waals surface area (Å²) in [6, 6.07) is 9.27. The van der Waals surface area contributed by atoms with Crippen LogP contribution in [0.15, 0.2) is 47.5 Å². The number of aliphatic imine (C=N–C) groups is 1. The fourth-order valence-electron chi connectivity index (χ4n) is 1.26. The van der Waals surface area contributed by atoms with Crippen LogP contribution in [0.2, 0.25) is 0 Å². The van der Waals surface area contributed by atoms with Crippen molar-refractivity contribution in [3.8, 4) is 0 Å². The van der Waals surface area contributed by atoms with Crippen molar-refractivity contribution in [2.75, 3.05) is 5.32 Å². The summed E-state index contributed by atoms with van der Waals surface area (Å²) >= 11 is 0. The molecule has 1 aromatic rings. The predicted molar refractivity (Wildman–Crippen MR) is 56.5 cm³/mol. The molecule has 1 heterocycles. The van der Waals surface area contributed by atoms with Gasteiger partial charge in [-0.25, -0.2) is 4.99 Å². The van der Waals surface area contributed by atoms with Crippen LogP contribution in [0.4, 0.5) is 5.69 Å². The van der Waals surface area contributed by atoms with Crippen molar-refractivity contribution >= 4 is 17.8 Å². The number of carbonyl (C=O) groups is 1. The maximum absolute atomic E-state index is 11.3. The normalized spacial score (nSPS) is 19.7. The largest absolute Gasteiger partial charge is 0.370 e. The fourth-order valence-corrected chi connectivity index (χ4v) is 1.26. The van der Waals surface area contributed by atoms with E-state index >= 15 is 0 Å². The number of nitrogens with zero attached hydrogens (tertiary/aromatic N) is 1. The number of benzene rings is 1. The maximum atomic E-state index is 11.3. The van der Waals surface area contributed by atoms with Crippen molar-refractivity contribution in [2.45, 2.75) is 6.04 Å². The van der Waals surface area contributed by atoms with Gasteiger partial charge in [0, 0.05) is 11.9 Å². The Kier molecular flexibility index (Phi) is 2.40. The third-order valence-electron chi connectivity index (χ3n) is 1.95. The number of rotatable bonds is 2. The Labute approximate surface area is 82.2 Å². The van der Waals surface area contributed by atoms with E-state index in [1.165, 1.54) is 6.21 Å². The van der Waals surface area contributed by atoms with Gasteiger partial charge < -0.3 is 5.32 Å². The average Bonchev–Trinajstić information content (AvgIpc) is 2.23. The minimum atomic E-state index is -0.331. The zero-order valence-corrected chi connectivity index (χ0v) is 7.55. The monoisotopic (exact) mass is 186 g/mol. The van der Waals surface area contributed by atoms with Gasteiger partial charge in [-0.3, -0.25) is 4.79 Å². The minimum Gasteiger partial charge on any atom is -0.370 e. The zero-order chi connectivity index (χ0) is 9.80. The molecule has 1 amide bonds. The second-order valence-electron chi connectivity index (χ2n) is 2.99. The first-order chi connectivity index (χ1) is 6.86. The number of allylic oxidation sites excluding steroid dienone is 1. The second-order valence-corrected chi connectivity index (χ2v) is 2.99. The van der Waals surface area contributed by atoms with E-state index in [2.05, 4.69) is 10.3 Å². The van der Waals surface area contributed by atoms with Gasteiger partial charge in [0.2, 0.25) is 0 Å². The van der Waals surface area contributed by atoms with Crippen LogP contribution in [0.25, 0.3) is 0 Å². The van der Waals surface area contributed by atoms with E-state index in [0.29, 0.717) is 0 Å². The molecule has 0 radical (unpaired) electrons. The van der Waals surface area contributed by atoms with Gasteiger partial charge in [0.25, 0.3) is 5.91 Å². The summed E-state index contributed by atoms with van der Waals surface area (Å²) in [4.78, 5) is 15.0. The molecule has 0 saturated carbocycles. The van der Waals surface area contributed by atoms with E-state index in [1.807, 2.05) is 30.3 Å². The molecule has 70 valence electrons. The van der Waals surface area contributed by atoms with Crippen molar-refractivity contribution < 1.29 is 4.79 Å². The second kappa shape index (κ2) is 3.87. The summed E-state index contributed by atoms with van der Waals surface area (Å²) in [6.45, 7) is 0. The molecule has 1 aromatic carbocycles. The summed E-state index contributed by atoms with van der Waals surface area (Å²) in [5.74, 6) is -0.156. The molecular formula is C11H10N2O. The topological polar surface area (TPSA) is 41.5 Å². The molecule has 0 spiro atoms. The van der Waals surface area contributed by atoms with E-state index in [4.69, 9.17) is 0 Å². The number of nitrogens with one attached hydrogen (secondary N) is 1. The van der Waals surface area contributed by atoms with Gasteiger partial charge in [0.15, 0.2) is 0 Å². The SMILES string of the molecule is O=C1N=CC=CC1Nc1ccccc1. The van der Waals surface area contributed by atoms with Gasteiger partial charge in [0.05, 0.1) is 0 Å². The van der Waals surface area contributed by atoms with Gasteiger partial charge in [-0.05, 0) is 18.2 Å². The highest BCUT2D eigenvalue weighted by atomic mass is 16.1. The Morgan fingerprint density at radius 1 is 1.21 bits per heavy atom. The summed E-state index contributed by atoms with van der Waals surface area (Å²) in [5.41, 5.74) is 0.924. The molecule has 2 rings (SSSR count). The highest BCUT2D eigenvalue weighted by molar-refractivity contribution is 5.98. The third kappa shape index (κ3) is 1.88. The number of dihydropyridines is 1. The quantitative estimate of drug-likeness (QED) is 0.762. The molecule has 1 N–H and O–H groups in total. The van der Waals surface area contributed by atoms with E-state index in [-0.39, 0.29) is 11.9 Å². The van der Waals surface area contributed by atoms with Crippen LogP contribution in [0.5, 0.6) is 0 Å². The Balaban J connectivity index is 2.09. The molecule has 0 bridgehead atoms. The zero-order valence-electron chi connectivity index (χ0n) is 7.55. The summed E-state index contributed by atoms with van der Waals surface area (Å²) < 4.78 is 0. The molecule has 1 aliphatic heterocycles. The lowest BCUT2D eigenvalue weighted by atomic mass is 10.2. The Bertz CT molecular complexity index is 382. The number of carbonyl (C=O) groups excluding carboxylic acids is 1. The van der Waals surface area contributed by atoms with Gasteiger partial charge in [-0.2, -0.15) is 0 Å². The van der Waals surface area contributed by atoms with Crippen molar-refractivity contribution in [3.05, 3.63) is 42.5 Å². The van der Waals surface area contributed by atoms with Gasteiger partial charge in [-0.1, -0.05) is 24.3 Å². The van der Waals surface area contributed by atoms with Crippen LogP contribution in [-0.2, 0) is 4.79 Å². The van der Waals surface area contributed by atoms with Crippen LogP contribution < -0.4 is 5.32 Å². The molecule has 3 heteroatoms. The fraction of sp³-hybridized carbons (Fsp3) is 0.0909. The highest BCUT2D eigenvalue weighted by Crippen LogP contribution is 2.09.